The molecule has 1 nitrogen and oxygen atoms in total. The lowest BCUT2D eigenvalue weighted by Gasteiger charge is -2.10. The van der Waals surface area contributed by atoms with E-state index in [-0.39, 0.29) is 5.56 Å². The zero-order valence-corrected chi connectivity index (χ0v) is 8.74. The van der Waals surface area contributed by atoms with E-state index in [1.54, 1.807) is 0 Å². The molecule has 0 fully saturated rings. The third kappa shape index (κ3) is 3.42. The van der Waals surface area contributed by atoms with Gasteiger partial charge in [0.05, 0.1) is 11.3 Å². The Bertz CT molecular complexity index is 331. The Balaban J connectivity index is 0.000000921. The molecule has 0 atom stereocenters. The Hall–Kier alpha value is -1.26. The van der Waals surface area contributed by atoms with Crippen LogP contribution in [0.3, 0.4) is 0 Å². The standard InChI is InChI=1S/C8H7F4N.C2H6/c1-4-2-5(8(10,11)12)7(9)6(13)3-4;1-2/h2-3H,13H2,1H3;1-2H3. The highest BCUT2D eigenvalue weighted by Gasteiger charge is 2.34. The first kappa shape index (κ1) is 13.7. The van der Waals surface area contributed by atoms with Crippen LogP contribution in [-0.2, 0) is 6.18 Å². The van der Waals surface area contributed by atoms with Gasteiger partial charge in [0.15, 0.2) is 5.82 Å². The molecular formula is C10H13F4N. The second-order valence-electron chi connectivity index (χ2n) is 2.71. The van der Waals surface area contributed by atoms with Crippen molar-refractivity contribution >= 4 is 5.69 Å². The Morgan fingerprint density at radius 1 is 1.13 bits per heavy atom. The van der Waals surface area contributed by atoms with Crippen molar-refractivity contribution in [3.63, 3.8) is 0 Å². The Morgan fingerprint density at radius 2 is 1.60 bits per heavy atom. The molecule has 0 aromatic heterocycles. The fourth-order valence-electron chi connectivity index (χ4n) is 1.00. The van der Waals surface area contributed by atoms with Crippen LogP contribution >= 0.6 is 0 Å². The molecule has 0 radical (unpaired) electrons. The summed E-state index contributed by atoms with van der Waals surface area (Å²) < 4.78 is 49.2. The minimum atomic E-state index is -4.69. The number of hydrogen-bond acceptors (Lipinski definition) is 1. The van der Waals surface area contributed by atoms with Gasteiger partial charge in [-0.2, -0.15) is 13.2 Å². The topological polar surface area (TPSA) is 26.0 Å². The summed E-state index contributed by atoms with van der Waals surface area (Å²) in [5.74, 6) is -1.40. The van der Waals surface area contributed by atoms with Crippen LogP contribution in [0.15, 0.2) is 12.1 Å². The number of nitrogens with two attached hydrogens (primary N) is 1. The molecule has 0 saturated carbocycles. The normalized spacial score (nSPS) is 10.6. The molecule has 0 aliphatic heterocycles. The first-order valence-corrected chi connectivity index (χ1v) is 4.45. The number of hydrogen-bond donors (Lipinski definition) is 1. The Kier molecular flexibility index (Phi) is 4.58. The first-order valence-electron chi connectivity index (χ1n) is 4.45. The summed E-state index contributed by atoms with van der Waals surface area (Å²) in [6.45, 7) is 5.42. The Morgan fingerprint density at radius 3 is 2.00 bits per heavy atom. The minimum absolute atomic E-state index is 0.284. The fraction of sp³-hybridized carbons (Fsp3) is 0.400. The van der Waals surface area contributed by atoms with Gasteiger partial charge in [0.2, 0.25) is 0 Å². The molecule has 86 valence electrons. The molecule has 1 aromatic rings. The van der Waals surface area contributed by atoms with Crippen LogP contribution in [0, 0.1) is 12.7 Å². The largest absolute Gasteiger partial charge is 0.419 e. The number of benzene rings is 1. The van der Waals surface area contributed by atoms with Gasteiger partial charge >= 0.3 is 6.18 Å². The van der Waals surface area contributed by atoms with Crippen LogP contribution < -0.4 is 5.73 Å². The molecular weight excluding hydrogens is 210 g/mol. The van der Waals surface area contributed by atoms with Crippen LogP contribution in [0.4, 0.5) is 23.2 Å². The lowest BCUT2D eigenvalue weighted by atomic mass is 10.1. The predicted octanol–water partition coefficient (Wildman–Crippen LogP) is 3.76. The molecule has 0 unspecified atom stereocenters. The van der Waals surface area contributed by atoms with E-state index in [0.717, 1.165) is 12.1 Å². The van der Waals surface area contributed by atoms with Gasteiger partial charge in [0.1, 0.15) is 0 Å². The summed E-state index contributed by atoms with van der Waals surface area (Å²) in [5.41, 5.74) is 3.53. The number of alkyl halides is 3. The molecule has 2 N–H and O–H groups in total. The minimum Gasteiger partial charge on any atom is -0.396 e. The monoisotopic (exact) mass is 223 g/mol. The van der Waals surface area contributed by atoms with Crippen LogP contribution in [0.25, 0.3) is 0 Å². The van der Waals surface area contributed by atoms with Gasteiger partial charge in [0.25, 0.3) is 0 Å². The van der Waals surface area contributed by atoms with Crippen LogP contribution in [0.2, 0.25) is 0 Å². The number of nitrogen functional groups attached to an aromatic ring is 1. The number of rotatable bonds is 0. The summed E-state index contributed by atoms with van der Waals surface area (Å²) in [5, 5.41) is 0. The van der Waals surface area contributed by atoms with Crippen molar-refractivity contribution in [1.29, 1.82) is 0 Å². The molecule has 0 spiro atoms. The van der Waals surface area contributed by atoms with Crippen molar-refractivity contribution in [3.05, 3.63) is 29.1 Å². The third-order valence-electron chi connectivity index (χ3n) is 1.55. The fourth-order valence-corrected chi connectivity index (χ4v) is 1.00. The van der Waals surface area contributed by atoms with Crippen molar-refractivity contribution < 1.29 is 17.6 Å². The summed E-state index contributed by atoms with van der Waals surface area (Å²) >= 11 is 0. The van der Waals surface area contributed by atoms with E-state index in [0.29, 0.717) is 0 Å². The number of aryl methyl sites for hydroxylation is 1. The molecule has 0 amide bonds. The van der Waals surface area contributed by atoms with Crippen molar-refractivity contribution in [2.75, 3.05) is 5.73 Å². The highest BCUT2D eigenvalue weighted by atomic mass is 19.4. The van der Waals surface area contributed by atoms with Crippen molar-refractivity contribution in [3.8, 4) is 0 Å². The second kappa shape index (κ2) is 5.00. The quantitative estimate of drug-likeness (QED) is 0.526. The van der Waals surface area contributed by atoms with Crippen LogP contribution in [-0.4, -0.2) is 0 Å². The molecule has 15 heavy (non-hydrogen) atoms. The van der Waals surface area contributed by atoms with Gasteiger partial charge in [-0.25, -0.2) is 4.39 Å². The van der Waals surface area contributed by atoms with Gasteiger partial charge in [-0.1, -0.05) is 13.8 Å². The zero-order chi connectivity index (χ0) is 12.2. The molecule has 1 rings (SSSR count). The Labute approximate surface area is 85.9 Å². The molecule has 0 aliphatic rings. The molecule has 0 saturated heterocycles. The highest BCUT2D eigenvalue weighted by molar-refractivity contribution is 5.47. The predicted molar refractivity (Wildman–Crippen MR) is 51.9 cm³/mol. The van der Waals surface area contributed by atoms with E-state index in [1.165, 1.54) is 6.92 Å². The van der Waals surface area contributed by atoms with E-state index in [1.807, 2.05) is 13.8 Å². The zero-order valence-electron chi connectivity index (χ0n) is 8.74. The molecule has 0 heterocycles. The van der Waals surface area contributed by atoms with Gasteiger partial charge in [-0.15, -0.1) is 0 Å². The van der Waals surface area contributed by atoms with E-state index in [9.17, 15) is 17.6 Å². The van der Waals surface area contributed by atoms with Gasteiger partial charge < -0.3 is 5.73 Å². The highest BCUT2D eigenvalue weighted by Crippen LogP contribution is 2.33. The summed E-state index contributed by atoms with van der Waals surface area (Å²) in [4.78, 5) is 0. The average Bonchev–Trinajstić information content (AvgIpc) is 2.13. The molecule has 5 heteroatoms. The molecule has 0 bridgehead atoms. The maximum absolute atomic E-state index is 12.8. The van der Waals surface area contributed by atoms with E-state index in [4.69, 9.17) is 5.73 Å². The third-order valence-corrected chi connectivity index (χ3v) is 1.55. The lowest BCUT2D eigenvalue weighted by molar-refractivity contribution is -0.139. The first-order chi connectivity index (χ1) is 6.82. The van der Waals surface area contributed by atoms with Crippen molar-refractivity contribution in [2.24, 2.45) is 0 Å². The summed E-state index contributed by atoms with van der Waals surface area (Å²) in [7, 11) is 0. The lowest BCUT2D eigenvalue weighted by Crippen LogP contribution is -2.10. The summed E-state index contributed by atoms with van der Waals surface area (Å²) in [6.07, 6.45) is -4.69. The molecule has 1 aromatic carbocycles. The van der Waals surface area contributed by atoms with Gasteiger partial charge in [0, 0.05) is 0 Å². The van der Waals surface area contributed by atoms with Gasteiger partial charge in [-0.05, 0) is 24.6 Å². The van der Waals surface area contributed by atoms with Crippen LogP contribution in [0.5, 0.6) is 0 Å². The SMILES string of the molecule is CC.Cc1cc(N)c(F)c(C(F)(F)F)c1. The van der Waals surface area contributed by atoms with E-state index < -0.39 is 23.2 Å². The maximum Gasteiger partial charge on any atom is 0.419 e. The molecule has 0 aliphatic carbocycles. The number of anilines is 1. The van der Waals surface area contributed by atoms with Crippen molar-refractivity contribution in [1.82, 2.24) is 0 Å². The van der Waals surface area contributed by atoms with Crippen LogP contribution in [0.1, 0.15) is 25.0 Å². The maximum atomic E-state index is 12.8. The average molecular weight is 223 g/mol. The summed E-state index contributed by atoms with van der Waals surface area (Å²) in [6, 6.07) is 1.89. The second-order valence-corrected chi connectivity index (χ2v) is 2.71. The van der Waals surface area contributed by atoms with E-state index in [2.05, 4.69) is 0 Å². The van der Waals surface area contributed by atoms with Gasteiger partial charge in [-0.3, -0.25) is 0 Å². The van der Waals surface area contributed by atoms with E-state index >= 15 is 0 Å². The van der Waals surface area contributed by atoms with Crippen molar-refractivity contribution in [2.45, 2.75) is 26.9 Å². The smallest absolute Gasteiger partial charge is 0.396 e. The number of halogens is 4.